The summed E-state index contributed by atoms with van der Waals surface area (Å²) in [6, 6.07) is 20.2. The molecule has 0 aliphatic rings. The average Bonchev–Trinajstić information content (AvgIpc) is 3.19. The van der Waals surface area contributed by atoms with Crippen molar-refractivity contribution in [3.63, 3.8) is 0 Å². The number of anilines is 1. The highest BCUT2D eigenvalue weighted by molar-refractivity contribution is 6.31. The van der Waals surface area contributed by atoms with Gasteiger partial charge in [0.15, 0.2) is 0 Å². The number of rotatable bonds is 5. The largest absolute Gasteiger partial charge is 0.418 e. The minimum Gasteiger partial charge on any atom is -0.418 e. The molecule has 1 aromatic heterocycles. The summed E-state index contributed by atoms with van der Waals surface area (Å²) in [6.45, 7) is 0. The molecule has 1 heterocycles. The van der Waals surface area contributed by atoms with Crippen LogP contribution in [0.5, 0.6) is 0 Å². The van der Waals surface area contributed by atoms with Gasteiger partial charge in [0.05, 0.1) is 0 Å². The van der Waals surface area contributed by atoms with E-state index in [0.717, 1.165) is 11.3 Å². The van der Waals surface area contributed by atoms with Crippen LogP contribution in [0, 0.1) is 5.82 Å². The summed E-state index contributed by atoms with van der Waals surface area (Å²) < 4.78 is 19.4. The van der Waals surface area contributed by atoms with Crippen LogP contribution in [-0.4, -0.2) is 10.2 Å². The molecule has 4 aromatic rings. The summed E-state index contributed by atoms with van der Waals surface area (Å²) in [5.74, 6) is 0.272. The van der Waals surface area contributed by atoms with Crippen LogP contribution in [0.15, 0.2) is 77.2 Å². The van der Waals surface area contributed by atoms with Gasteiger partial charge in [-0.2, -0.15) is 0 Å². The zero-order valence-electron chi connectivity index (χ0n) is 14.4. The fourth-order valence-corrected chi connectivity index (χ4v) is 3.17. The molecular weight excluding hydrogens is 400 g/mol. The Labute approximate surface area is 170 Å². The van der Waals surface area contributed by atoms with Gasteiger partial charge < -0.3 is 9.73 Å². The van der Waals surface area contributed by atoms with E-state index in [1.165, 1.54) is 12.1 Å². The molecule has 140 valence electrons. The lowest BCUT2D eigenvalue weighted by molar-refractivity contribution is 0.494. The molecule has 28 heavy (non-hydrogen) atoms. The van der Waals surface area contributed by atoms with Gasteiger partial charge in [-0.25, -0.2) is 4.39 Å². The highest BCUT2D eigenvalue weighted by Gasteiger charge is 2.24. The fraction of sp³-hybridized carbons (Fsp3) is 0.0476. The van der Waals surface area contributed by atoms with Crippen LogP contribution in [0.25, 0.3) is 11.5 Å². The summed E-state index contributed by atoms with van der Waals surface area (Å²) in [6.07, 6.45) is 0. The predicted octanol–water partition coefficient (Wildman–Crippen LogP) is 6.38. The van der Waals surface area contributed by atoms with E-state index in [1.54, 1.807) is 18.2 Å². The second-order valence-corrected chi connectivity index (χ2v) is 6.91. The van der Waals surface area contributed by atoms with Crippen molar-refractivity contribution >= 4 is 28.9 Å². The van der Waals surface area contributed by atoms with Gasteiger partial charge in [-0.05, 0) is 48.5 Å². The van der Waals surface area contributed by atoms with E-state index >= 15 is 0 Å². The maximum atomic E-state index is 13.5. The van der Waals surface area contributed by atoms with E-state index < -0.39 is 11.9 Å². The van der Waals surface area contributed by atoms with Crippen molar-refractivity contribution in [2.75, 3.05) is 5.32 Å². The number of benzene rings is 3. The van der Waals surface area contributed by atoms with Crippen LogP contribution >= 0.6 is 23.2 Å². The molecule has 0 saturated heterocycles. The van der Waals surface area contributed by atoms with E-state index in [2.05, 4.69) is 15.5 Å². The number of halogens is 3. The molecule has 4 nitrogen and oxygen atoms in total. The first-order chi connectivity index (χ1) is 13.6. The number of hydrogen-bond donors (Lipinski definition) is 1. The quantitative estimate of drug-likeness (QED) is 0.412. The lowest BCUT2D eigenvalue weighted by Gasteiger charge is -2.18. The number of aromatic nitrogens is 2. The normalized spacial score (nSPS) is 12.0. The van der Waals surface area contributed by atoms with E-state index in [4.69, 9.17) is 27.6 Å². The third-order valence-electron chi connectivity index (χ3n) is 4.14. The van der Waals surface area contributed by atoms with Gasteiger partial charge in [0, 0.05) is 26.9 Å². The molecular formula is C21H14Cl2FN3O. The first kappa shape index (κ1) is 18.5. The number of nitrogens with one attached hydrogen (secondary N) is 1. The fourth-order valence-electron chi connectivity index (χ4n) is 2.77. The predicted molar refractivity (Wildman–Crippen MR) is 108 cm³/mol. The van der Waals surface area contributed by atoms with Gasteiger partial charge in [0.25, 0.3) is 0 Å². The molecule has 1 N–H and O–H groups in total. The molecule has 0 aliphatic carbocycles. The Hall–Kier alpha value is -2.89. The van der Waals surface area contributed by atoms with E-state index in [1.807, 2.05) is 42.5 Å². The minimum atomic E-state index is -0.570. The highest BCUT2D eigenvalue weighted by Crippen LogP contribution is 2.33. The Balaban J connectivity index is 1.74. The van der Waals surface area contributed by atoms with E-state index in [0.29, 0.717) is 22.4 Å². The second kappa shape index (κ2) is 8.00. The zero-order chi connectivity index (χ0) is 19.5. The van der Waals surface area contributed by atoms with Gasteiger partial charge in [0.2, 0.25) is 11.8 Å². The Morgan fingerprint density at radius 1 is 0.893 bits per heavy atom. The summed E-state index contributed by atoms with van der Waals surface area (Å²) in [5, 5.41) is 12.5. The van der Waals surface area contributed by atoms with Crippen LogP contribution in [0.1, 0.15) is 17.5 Å². The Morgan fingerprint density at radius 3 is 2.36 bits per heavy atom. The third kappa shape index (κ3) is 4.01. The lowest BCUT2D eigenvalue weighted by Crippen LogP contribution is -2.13. The molecule has 7 heteroatoms. The van der Waals surface area contributed by atoms with Crippen molar-refractivity contribution in [2.45, 2.75) is 6.04 Å². The van der Waals surface area contributed by atoms with Crippen LogP contribution in [0.2, 0.25) is 10.0 Å². The van der Waals surface area contributed by atoms with Crippen LogP contribution in [0.4, 0.5) is 10.1 Å². The molecule has 0 fully saturated rings. The molecule has 0 aliphatic heterocycles. The van der Waals surface area contributed by atoms with Gasteiger partial charge in [-0.3, -0.25) is 0 Å². The van der Waals surface area contributed by atoms with Crippen LogP contribution < -0.4 is 5.32 Å². The maximum Gasteiger partial charge on any atom is 0.247 e. The van der Waals surface area contributed by atoms with Crippen LogP contribution in [-0.2, 0) is 0 Å². The topological polar surface area (TPSA) is 51.0 Å². The third-order valence-corrected chi connectivity index (χ3v) is 4.72. The minimum absolute atomic E-state index is 0.255. The highest BCUT2D eigenvalue weighted by atomic mass is 35.5. The van der Waals surface area contributed by atoms with Gasteiger partial charge in [-0.1, -0.05) is 47.5 Å². The Kier molecular flexibility index (Phi) is 5.28. The first-order valence-corrected chi connectivity index (χ1v) is 9.21. The summed E-state index contributed by atoms with van der Waals surface area (Å²) in [5.41, 5.74) is 2.19. The van der Waals surface area contributed by atoms with Crippen molar-refractivity contribution in [2.24, 2.45) is 0 Å². The Morgan fingerprint density at radius 2 is 1.64 bits per heavy atom. The van der Waals surface area contributed by atoms with Crippen LogP contribution in [0.3, 0.4) is 0 Å². The summed E-state index contributed by atoms with van der Waals surface area (Å²) in [7, 11) is 0. The molecule has 0 amide bonds. The molecule has 0 saturated carbocycles. The van der Waals surface area contributed by atoms with Gasteiger partial charge in [0.1, 0.15) is 11.9 Å². The van der Waals surface area contributed by atoms with E-state index in [9.17, 15) is 4.39 Å². The summed E-state index contributed by atoms with van der Waals surface area (Å²) in [4.78, 5) is 0. The van der Waals surface area contributed by atoms with Crippen molar-refractivity contribution in [1.82, 2.24) is 10.2 Å². The van der Waals surface area contributed by atoms with Crippen molar-refractivity contribution in [3.05, 3.63) is 100 Å². The van der Waals surface area contributed by atoms with Crippen molar-refractivity contribution < 1.29 is 8.81 Å². The maximum absolute atomic E-state index is 13.5. The number of hydrogen-bond acceptors (Lipinski definition) is 4. The van der Waals surface area contributed by atoms with E-state index in [-0.39, 0.29) is 5.02 Å². The number of nitrogens with zero attached hydrogens (tertiary/aromatic N) is 2. The Bertz CT molecular complexity index is 1080. The summed E-state index contributed by atoms with van der Waals surface area (Å²) >= 11 is 12.3. The van der Waals surface area contributed by atoms with Crippen molar-refractivity contribution in [3.8, 4) is 11.5 Å². The second-order valence-electron chi connectivity index (χ2n) is 6.06. The average molecular weight is 414 g/mol. The monoisotopic (exact) mass is 413 g/mol. The lowest BCUT2D eigenvalue weighted by atomic mass is 10.1. The standard InChI is InChI=1S/C21H14Cl2FN3O/c22-14-6-9-16(10-7-14)25-19(17-11-8-15(24)12-18(17)23)21-27-26-20(28-21)13-4-2-1-3-5-13/h1-12,19,25H. The molecule has 4 rings (SSSR count). The zero-order valence-corrected chi connectivity index (χ0v) is 16.0. The first-order valence-electron chi connectivity index (χ1n) is 8.46. The molecule has 1 unspecified atom stereocenters. The molecule has 0 radical (unpaired) electrons. The molecule has 1 atom stereocenters. The molecule has 3 aromatic carbocycles. The molecule has 0 spiro atoms. The van der Waals surface area contributed by atoms with Gasteiger partial charge >= 0.3 is 0 Å². The SMILES string of the molecule is Fc1ccc(C(Nc2ccc(Cl)cc2)c2nnc(-c3ccccc3)o2)c(Cl)c1. The smallest absolute Gasteiger partial charge is 0.247 e. The molecule has 0 bridgehead atoms. The van der Waals surface area contributed by atoms with Crippen molar-refractivity contribution in [1.29, 1.82) is 0 Å². The van der Waals surface area contributed by atoms with Gasteiger partial charge in [-0.15, -0.1) is 10.2 Å².